The van der Waals surface area contributed by atoms with Crippen LogP contribution in [0.4, 0.5) is 4.79 Å². The molecule has 7 nitrogen and oxygen atoms in total. The van der Waals surface area contributed by atoms with Crippen LogP contribution in [0.1, 0.15) is 32.0 Å². The molecule has 11 heteroatoms. The number of amides is 1. The summed E-state index contributed by atoms with van der Waals surface area (Å²) in [5.41, 5.74) is 1.53. The molecule has 1 unspecified atom stereocenters. The van der Waals surface area contributed by atoms with Crippen LogP contribution in [0.15, 0.2) is 47.4 Å². The Kier molecular flexibility index (Phi) is 8.22. The van der Waals surface area contributed by atoms with E-state index in [0.717, 1.165) is 5.56 Å². The maximum atomic E-state index is 13.9. The number of nitrogens with zero attached hydrogens (tertiary/aromatic N) is 1. The van der Waals surface area contributed by atoms with Gasteiger partial charge in [-0.15, -0.1) is 0 Å². The normalized spacial score (nSPS) is 13.7. The van der Waals surface area contributed by atoms with Crippen molar-refractivity contribution in [2.75, 3.05) is 6.61 Å². The molecule has 1 aromatic heterocycles. The second-order valence-electron chi connectivity index (χ2n) is 10.4. The first-order valence-corrected chi connectivity index (χ1v) is 16.6. The lowest BCUT2D eigenvalue weighted by Crippen LogP contribution is -2.47. The number of aryl methyl sites for hydroxylation is 1. The molecule has 0 saturated carbocycles. The molecule has 2 N–H and O–H groups in total. The molecule has 2 aromatic carbocycles. The third kappa shape index (κ3) is 5.91. The van der Waals surface area contributed by atoms with Gasteiger partial charge in [0.15, 0.2) is 8.32 Å². The van der Waals surface area contributed by atoms with Gasteiger partial charge in [-0.2, -0.15) is 0 Å². The standard InChI is InChI=1S/C25H32Cl2N2O5SSi/c1-16-7-10-20(11-8-16)35(32,33)29-19(13-17-9-12-21(26)22(27)23(17)29)14-18(28-24(30)31)15-34-36(5,6)25(2,3)4/h7-13,18,28H,14-15H2,1-6H3,(H,30,31). The Morgan fingerprint density at radius 1 is 1.14 bits per heavy atom. The van der Waals surface area contributed by atoms with Crippen LogP contribution < -0.4 is 5.32 Å². The van der Waals surface area contributed by atoms with Gasteiger partial charge in [-0.1, -0.05) is 67.7 Å². The fourth-order valence-electron chi connectivity index (χ4n) is 3.60. The highest BCUT2D eigenvalue weighted by molar-refractivity contribution is 7.90. The van der Waals surface area contributed by atoms with Gasteiger partial charge in [0, 0.05) is 17.5 Å². The Bertz CT molecular complexity index is 1380. The lowest BCUT2D eigenvalue weighted by atomic mass is 10.1. The quantitative estimate of drug-likeness (QED) is 0.294. The first-order chi connectivity index (χ1) is 16.5. The lowest BCUT2D eigenvalue weighted by Gasteiger charge is -2.37. The predicted octanol–water partition coefficient (Wildman–Crippen LogP) is 6.69. The summed E-state index contributed by atoms with van der Waals surface area (Å²) in [7, 11) is -6.27. The summed E-state index contributed by atoms with van der Waals surface area (Å²) in [5.74, 6) is 0. The van der Waals surface area contributed by atoms with Crippen LogP contribution in [0.2, 0.25) is 28.2 Å². The highest BCUT2D eigenvalue weighted by Crippen LogP contribution is 2.38. The van der Waals surface area contributed by atoms with Crippen LogP contribution in [0.3, 0.4) is 0 Å². The van der Waals surface area contributed by atoms with E-state index in [1.807, 2.05) is 6.92 Å². The molecule has 0 saturated heterocycles. The minimum atomic E-state index is -4.08. The molecular formula is C25H32Cl2N2O5SSi. The highest BCUT2D eigenvalue weighted by Gasteiger charge is 2.38. The van der Waals surface area contributed by atoms with E-state index in [-0.39, 0.29) is 38.5 Å². The van der Waals surface area contributed by atoms with E-state index in [4.69, 9.17) is 27.6 Å². The summed E-state index contributed by atoms with van der Waals surface area (Å²) in [5, 5.41) is 12.8. The number of benzene rings is 2. The summed E-state index contributed by atoms with van der Waals surface area (Å²) in [4.78, 5) is 11.7. The molecule has 36 heavy (non-hydrogen) atoms. The van der Waals surface area contributed by atoms with E-state index < -0.39 is 30.5 Å². The molecule has 0 bridgehead atoms. The lowest BCUT2D eigenvalue weighted by molar-refractivity contribution is 0.178. The zero-order valence-corrected chi connectivity index (χ0v) is 24.6. The number of nitrogens with one attached hydrogen (secondary N) is 1. The number of fused-ring (bicyclic) bond motifs is 1. The van der Waals surface area contributed by atoms with Crippen molar-refractivity contribution in [3.8, 4) is 0 Å². The molecule has 1 amide bonds. The second kappa shape index (κ2) is 10.4. The first-order valence-electron chi connectivity index (χ1n) is 11.5. The SMILES string of the molecule is Cc1ccc(S(=O)(=O)n2c(CC(CO[Si](C)(C)C(C)(C)C)NC(=O)O)cc3ccc(Cl)c(Cl)c32)cc1. The van der Waals surface area contributed by atoms with Gasteiger partial charge in [-0.05, 0) is 49.3 Å². The van der Waals surface area contributed by atoms with Crippen molar-refractivity contribution in [2.45, 2.75) is 63.2 Å². The van der Waals surface area contributed by atoms with E-state index >= 15 is 0 Å². The monoisotopic (exact) mass is 570 g/mol. The largest absolute Gasteiger partial charge is 0.465 e. The van der Waals surface area contributed by atoms with Crippen molar-refractivity contribution in [3.63, 3.8) is 0 Å². The van der Waals surface area contributed by atoms with E-state index in [2.05, 4.69) is 39.2 Å². The fraction of sp³-hybridized carbons (Fsp3) is 0.400. The molecule has 1 atom stereocenters. The number of aromatic nitrogens is 1. The molecule has 3 rings (SSSR count). The molecule has 0 radical (unpaired) electrons. The average Bonchev–Trinajstić information content (AvgIpc) is 3.13. The number of rotatable bonds is 8. The molecule has 1 heterocycles. The molecule has 0 fully saturated rings. The van der Waals surface area contributed by atoms with Gasteiger partial charge in [0.2, 0.25) is 0 Å². The third-order valence-corrected chi connectivity index (χ3v) is 13.7. The molecule has 196 valence electrons. The van der Waals surface area contributed by atoms with E-state index in [9.17, 15) is 18.3 Å². The van der Waals surface area contributed by atoms with Crippen molar-refractivity contribution in [2.24, 2.45) is 0 Å². The fourth-order valence-corrected chi connectivity index (χ4v) is 6.67. The summed E-state index contributed by atoms with van der Waals surface area (Å²) < 4.78 is 35.2. The number of carbonyl (C=O) groups is 1. The van der Waals surface area contributed by atoms with Crippen molar-refractivity contribution < 1.29 is 22.7 Å². The summed E-state index contributed by atoms with van der Waals surface area (Å²) >= 11 is 12.8. The maximum Gasteiger partial charge on any atom is 0.404 e. The minimum absolute atomic E-state index is 0.0641. The zero-order valence-electron chi connectivity index (χ0n) is 21.2. The Hall–Kier alpha value is -2.04. The zero-order chi connectivity index (χ0) is 27.1. The van der Waals surface area contributed by atoms with Gasteiger partial charge in [0.1, 0.15) is 0 Å². The Balaban J connectivity index is 2.13. The van der Waals surface area contributed by atoms with Gasteiger partial charge in [-0.3, -0.25) is 0 Å². The van der Waals surface area contributed by atoms with Crippen molar-refractivity contribution in [3.05, 3.63) is 63.8 Å². The number of hydrogen-bond donors (Lipinski definition) is 2. The summed E-state index contributed by atoms with van der Waals surface area (Å²) in [6.07, 6.45) is -1.15. The number of hydrogen-bond acceptors (Lipinski definition) is 4. The van der Waals surface area contributed by atoms with Gasteiger partial charge >= 0.3 is 6.09 Å². The molecule has 0 aliphatic carbocycles. The molecule has 0 spiro atoms. The molecule has 3 aromatic rings. The average molecular weight is 572 g/mol. The van der Waals surface area contributed by atoms with Crippen molar-refractivity contribution >= 4 is 58.5 Å². The van der Waals surface area contributed by atoms with Crippen LogP contribution in [0.25, 0.3) is 10.9 Å². The topological polar surface area (TPSA) is 97.6 Å². The first kappa shape index (κ1) is 28.5. The molecule has 0 aliphatic rings. The van der Waals surface area contributed by atoms with Gasteiger partial charge in [0.25, 0.3) is 10.0 Å². The smallest absolute Gasteiger partial charge is 0.404 e. The third-order valence-electron chi connectivity index (χ3n) is 6.68. The highest BCUT2D eigenvalue weighted by atomic mass is 35.5. The van der Waals surface area contributed by atoms with Gasteiger partial charge in [0.05, 0.1) is 33.1 Å². The van der Waals surface area contributed by atoms with Gasteiger partial charge < -0.3 is 14.8 Å². The predicted molar refractivity (Wildman–Crippen MR) is 148 cm³/mol. The summed E-state index contributed by atoms with van der Waals surface area (Å²) in [6.45, 7) is 12.4. The van der Waals surface area contributed by atoms with Crippen LogP contribution >= 0.6 is 23.2 Å². The van der Waals surface area contributed by atoms with Crippen molar-refractivity contribution in [1.29, 1.82) is 0 Å². The maximum absolute atomic E-state index is 13.9. The Labute approximate surface area is 223 Å². The minimum Gasteiger partial charge on any atom is -0.465 e. The van der Waals surface area contributed by atoms with Crippen LogP contribution in [-0.2, 0) is 20.9 Å². The van der Waals surface area contributed by atoms with E-state index in [1.165, 1.54) is 16.1 Å². The van der Waals surface area contributed by atoms with Crippen LogP contribution in [0.5, 0.6) is 0 Å². The second-order valence-corrected chi connectivity index (χ2v) is 17.8. The summed E-state index contributed by atoms with van der Waals surface area (Å²) in [6, 6.07) is 10.8. The molecular weight excluding hydrogens is 539 g/mol. The van der Waals surface area contributed by atoms with E-state index in [0.29, 0.717) is 11.1 Å². The van der Waals surface area contributed by atoms with E-state index in [1.54, 1.807) is 30.3 Å². The Morgan fingerprint density at radius 3 is 2.31 bits per heavy atom. The molecule has 0 aliphatic heterocycles. The van der Waals surface area contributed by atoms with Crippen LogP contribution in [-0.4, -0.2) is 44.6 Å². The van der Waals surface area contributed by atoms with Crippen LogP contribution in [0, 0.1) is 6.92 Å². The number of halogens is 2. The van der Waals surface area contributed by atoms with Gasteiger partial charge in [-0.25, -0.2) is 17.2 Å². The van der Waals surface area contributed by atoms with Crippen molar-refractivity contribution in [1.82, 2.24) is 9.29 Å². The Morgan fingerprint density at radius 2 is 1.75 bits per heavy atom. The number of carboxylic acid groups (broad SMARTS) is 1.